The smallest absolute Gasteiger partial charge is 0.302 e. The van der Waals surface area contributed by atoms with Crippen molar-refractivity contribution in [2.75, 3.05) is 0 Å². The molecular formula is C28H44O3. The van der Waals surface area contributed by atoms with Crippen molar-refractivity contribution < 1.29 is 14.3 Å². The lowest BCUT2D eigenvalue weighted by molar-refractivity contribution is -0.148. The zero-order chi connectivity index (χ0) is 22.4. The predicted molar refractivity (Wildman–Crippen MR) is 124 cm³/mol. The molecule has 174 valence electrons. The van der Waals surface area contributed by atoms with Gasteiger partial charge in [-0.15, -0.1) is 0 Å². The van der Waals surface area contributed by atoms with Crippen LogP contribution < -0.4 is 0 Å². The van der Waals surface area contributed by atoms with E-state index >= 15 is 0 Å². The molecule has 3 fully saturated rings. The van der Waals surface area contributed by atoms with Crippen molar-refractivity contribution in [3.63, 3.8) is 0 Å². The second kappa shape index (κ2) is 8.67. The summed E-state index contributed by atoms with van der Waals surface area (Å²) in [6.07, 6.45) is 15.6. The Labute approximate surface area is 189 Å². The van der Waals surface area contributed by atoms with Gasteiger partial charge in [-0.3, -0.25) is 4.79 Å². The normalized spacial score (nSPS) is 42.6. The quantitative estimate of drug-likeness (QED) is 0.342. The fourth-order valence-electron chi connectivity index (χ4n) is 8.81. The Morgan fingerprint density at radius 3 is 2.58 bits per heavy atom. The first-order chi connectivity index (χ1) is 14.6. The first-order valence-corrected chi connectivity index (χ1v) is 13.0. The van der Waals surface area contributed by atoms with Gasteiger partial charge in [-0.05, 0) is 98.7 Å². The summed E-state index contributed by atoms with van der Waals surface area (Å²) in [4.78, 5) is 22.8. The summed E-state index contributed by atoms with van der Waals surface area (Å²) in [6.45, 7) is 10.9. The summed E-state index contributed by atoms with van der Waals surface area (Å²) in [7, 11) is 0. The predicted octanol–water partition coefficient (Wildman–Crippen LogP) is 6.89. The molecule has 0 bridgehead atoms. The number of fused-ring (bicyclic) bond motifs is 5. The van der Waals surface area contributed by atoms with E-state index in [-0.39, 0.29) is 12.1 Å². The minimum absolute atomic E-state index is 0.0916. The molecule has 3 heteroatoms. The van der Waals surface area contributed by atoms with Crippen LogP contribution in [-0.4, -0.2) is 17.9 Å². The Morgan fingerprint density at radius 1 is 1.10 bits per heavy atom. The largest absolute Gasteiger partial charge is 0.462 e. The van der Waals surface area contributed by atoms with E-state index in [1.165, 1.54) is 44.9 Å². The van der Waals surface area contributed by atoms with Gasteiger partial charge in [-0.2, -0.15) is 0 Å². The van der Waals surface area contributed by atoms with E-state index in [0.29, 0.717) is 16.6 Å². The van der Waals surface area contributed by atoms with Gasteiger partial charge in [0.15, 0.2) is 0 Å². The zero-order valence-corrected chi connectivity index (χ0v) is 20.5. The molecule has 3 saturated carbocycles. The average Bonchev–Trinajstić information content (AvgIpc) is 3.05. The zero-order valence-electron chi connectivity index (χ0n) is 20.5. The molecule has 0 aromatic heterocycles. The highest BCUT2D eigenvalue weighted by atomic mass is 16.5. The van der Waals surface area contributed by atoms with Gasteiger partial charge >= 0.3 is 5.97 Å². The molecule has 0 spiro atoms. The lowest BCUT2D eigenvalue weighted by atomic mass is 9.47. The molecule has 0 N–H and O–H groups in total. The van der Waals surface area contributed by atoms with E-state index in [0.717, 1.165) is 55.3 Å². The third-order valence-electron chi connectivity index (χ3n) is 10.3. The van der Waals surface area contributed by atoms with Crippen LogP contribution in [0.4, 0.5) is 0 Å². The van der Waals surface area contributed by atoms with Gasteiger partial charge in [-0.1, -0.05) is 38.8 Å². The molecule has 0 saturated heterocycles. The topological polar surface area (TPSA) is 43.4 Å². The number of carbonyl (C=O) groups excluding carboxylic acids is 2. The van der Waals surface area contributed by atoms with E-state index in [1.807, 2.05) is 0 Å². The van der Waals surface area contributed by atoms with Crippen LogP contribution in [0, 0.1) is 40.4 Å². The fraction of sp³-hybridized carbons (Fsp3) is 0.857. The van der Waals surface area contributed by atoms with Crippen LogP contribution in [0.5, 0.6) is 0 Å². The number of ketones is 1. The number of hydrogen-bond acceptors (Lipinski definition) is 3. The standard InChI is InChI=1S/C28H44O3/c1-18(7-6-8-19(2)29)24-11-12-25-23-10-9-21-17-22(31-20(3)30)13-15-27(21,4)26(23)14-16-28(24,25)5/h9,18,22-26H,6-8,10-17H2,1-5H3/t18-,22-,23+,24-,25-,26+,27-,28+/m0/s1. The molecule has 0 heterocycles. The SMILES string of the molecule is CC(=O)CCC[C@H](C)[C@@H]1CC[C@H]2[C@H]3CC=C4C[C@@H](OC(C)=O)CC[C@]4(C)[C@@H]3CC[C@@]21C. The Hall–Kier alpha value is -1.12. The van der Waals surface area contributed by atoms with E-state index in [1.54, 1.807) is 19.4 Å². The van der Waals surface area contributed by atoms with Crippen LogP contribution in [0.25, 0.3) is 0 Å². The molecule has 0 aliphatic heterocycles. The minimum Gasteiger partial charge on any atom is -0.462 e. The maximum absolute atomic E-state index is 11.5. The van der Waals surface area contributed by atoms with Gasteiger partial charge in [0.1, 0.15) is 11.9 Å². The number of ether oxygens (including phenoxy) is 1. The van der Waals surface area contributed by atoms with E-state index in [4.69, 9.17) is 4.74 Å². The maximum atomic E-state index is 11.5. The fourth-order valence-corrected chi connectivity index (χ4v) is 8.81. The van der Waals surface area contributed by atoms with Crippen molar-refractivity contribution in [2.24, 2.45) is 40.4 Å². The van der Waals surface area contributed by atoms with E-state index < -0.39 is 0 Å². The second-order valence-electron chi connectivity index (χ2n) is 12.0. The van der Waals surface area contributed by atoms with Crippen LogP contribution in [-0.2, 0) is 14.3 Å². The molecule has 8 atom stereocenters. The minimum atomic E-state index is -0.134. The summed E-state index contributed by atoms with van der Waals surface area (Å²) in [5.74, 6) is 4.24. The summed E-state index contributed by atoms with van der Waals surface area (Å²) < 4.78 is 5.59. The van der Waals surface area contributed by atoms with Crippen LogP contribution in [0.3, 0.4) is 0 Å². The van der Waals surface area contributed by atoms with E-state index in [9.17, 15) is 9.59 Å². The number of allylic oxidation sites excluding steroid dienone is 1. The second-order valence-corrected chi connectivity index (χ2v) is 12.0. The summed E-state index contributed by atoms with van der Waals surface area (Å²) in [5, 5.41) is 0. The highest BCUT2D eigenvalue weighted by Crippen LogP contribution is 2.67. The average molecular weight is 429 g/mol. The van der Waals surface area contributed by atoms with Crippen molar-refractivity contribution in [1.29, 1.82) is 0 Å². The first kappa shape index (κ1) is 23.1. The maximum Gasteiger partial charge on any atom is 0.302 e. The molecule has 0 amide bonds. The number of rotatable bonds is 6. The van der Waals surface area contributed by atoms with Gasteiger partial charge in [0.2, 0.25) is 0 Å². The summed E-state index contributed by atoms with van der Waals surface area (Å²) >= 11 is 0. The lowest BCUT2D eigenvalue weighted by Gasteiger charge is -2.58. The summed E-state index contributed by atoms with van der Waals surface area (Å²) in [5.41, 5.74) is 2.38. The van der Waals surface area contributed by atoms with Crippen molar-refractivity contribution in [3.8, 4) is 0 Å². The highest BCUT2D eigenvalue weighted by Gasteiger charge is 2.59. The van der Waals surface area contributed by atoms with Crippen molar-refractivity contribution >= 4 is 11.8 Å². The third kappa shape index (κ3) is 4.15. The van der Waals surface area contributed by atoms with Crippen LogP contribution in [0.1, 0.15) is 105 Å². The number of hydrogen-bond donors (Lipinski definition) is 0. The lowest BCUT2D eigenvalue weighted by Crippen LogP contribution is -2.51. The Kier molecular flexibility index (Phi) is 6.45. The molecule has 3 nitrogen and oxygen atoms in total. The van der Waals surface area contributed by atoms with Gasteiger partial charge in [0.05, 0.1) is 0 Å². The molecule has 4 aliphatic rings. The molecule has 4 aliphatic carbocycles. The van der Waals surface area contributed by atoms with Crippen LogP contribution >= 0.6 is 0 Å². The van der Waals surface area contributed by atoms with Gasteiger partial charge < -0.3 is 9.53 Å². The molecule has 4 rings (SSSR count). The Bertz CT molecular complexity index is 739. The van der Waals surface area contributed by atoms with E-state index in [2.05, 4.69) is 26.8 Å². The van der Waals surface area contributed by atoms with Crippen molar-refractivity contribution in [1.82, 2.24) is 0 Å². The van der Waals surface area contributed by atoms with Crippen LogP contribution in [0.2, 0.25) is 0 Å². The molecule has 0 unspecified atom stereocenters. The monoisotopic (exact) mass is 428 g/mol. The summed E-state index contributed by atoms with van der Waals surface area (Å²) in [6, 6.07) is 0. The first-order valence-electron chi connectivity index (χ1n) is 13.0. The molecule has 31 heavy (non-hydrogen) atoms. The highest BCUT2D eigenvalue weighted by molar-refractivity contribution is 5.75. The van der Waals surface area contributed by atoms with Crippen molar-refractivity contribution in [2.45, 2.75) is 111 Å². The van der Waals surface area contributed by atoms with Gasteiger partial charge in [-0.25, -0.2) is 0 Å². The van der Waals surface area contributed by atoms with Crippen molar-refractivity contribution in [3.05, 3.63) is 11.6 Å². The molecule has 0 radical (unpaired) electrons. The molecule has 0 aromatic rings. The number of carbonyl (C=O) groups is 2. The Balaban J connectivity index is 1.47. The third-order valence-corrected chi connectivity index (χ3v) is 10.3. The number of Topliss-reactive ketones (excluding diaryl/α,β-unsaturated/α-hetero) is 1. The van der Waals surface area contributed by atoms with Gasteiger partial charge in [0.25, 0.3) is 0 Å². The van der Waals surface area contributed by atoms with Crippen LogP contribution in [0.15, 0.2) is 11.6 Å². The van der Waals surface area contributed by atoms with Gasteiger partial charge in [0, 0.05) is 19.8 Å². The Morgan fingerprint density at radius 2 is 1.87 bits per heavy atom. The number of esters is 1. The molecular weight excluding hydrogens is 384 g/mol. The molecule has 0 aromatic carbocycles.